The molecule has 0 aliphatic carbocycles. The van der Waals surface area contributed by atoms with Crippen molar-refractivity contribution in [3.8, 4) is 5.75 Å². The van der Waals surface area contributed by atoms with Gasteiger partial charge >= 0.3 is 6.61 Å². The van der Waals surface area contributed by atoms with Gasteiger partial charge in [-0.3, -0.25) is 4.79 Å². The number of carbonyl (C=O) groups excluding carboxylic acids is 1. The monoisotopic (exact) mass is 272 g/mol. The van der Waals surface area contributed by atoms with Gasteiger partial charge in [0.15, 0.2) is 0 Å². The van der Waals surface area contributed by atoms with Crippen LogP contribution in [0, 0.1) is 5.92 Å². The fraction of sp³-hybridized carbons (Fsp3) is 0.462. The predicted octanol–water partition coefficient (Wildman–Crippen LogP) is 1.89. The Labute approximate surface area is 110 Å². The maximum Gasteiger partial charge on any atom is 0.387 e. The summed E-state index contributed by atoms with van der Waals surface area (Å²) in [5.74, 6) is 0.162. The van der Waals surface area contributed by atoms with E-state index >= 15 is 0 Å². The molecule has 0 radical (unpaired) electrons. The molecule has 0 saturated heterocycles. The van der Waals surface area contributed by atoms with E-state index in [1.807, 2.05) is 6.92 Å². The number of carbonyl (C=O) groups is 1. The van der Waals surface area contributed by atoms with Crippen molar-refractivity contribution in [2.24, 2.45) is 11.7 Å². The molecule has 1 rings (SSSR count). The number of alkyl halides is 2. The van der Waals surface area contributed by atoms with Crippen LogP contribution in [0.1, 0.15) is 18.9 Å². The highest BCUT2D eigenvalue weighted by molar-refractivity contribution is 5.76. The van der Waals surface area contributed by atoms with Crippen LogP contribution in [-0.4, -0.2) is 19.1 Å². The summed E-state index contributed by atoms with van der Waals surface area (Å²) >= 11 is 0. The smallest absolute Gasteiger partial charge is 0.387 e. The van der Waals surface area contributed by atoms with Crippen molar-refractivity contribution >= 4 is 5.91 Å². The molecule has 0 aliphatic rings. The normalized spacial score (nSPS) is 12.3. The van der Waals surface area contributed by atoms with Crippen LogP contribution in [0.4, 0.5) is 8.78 Å². The lowest BCUT2D eigenvalue weighted by atomic mass is 10.1. The summed E-state index contributed by atoms with van der Waals surface area (Å²) in [7, 11) is 0. The van der Waals surface area contributed by atoms with Crippen molar-refractivity contribution in [1.29, 1.82) is 0 Å². The number of hydrogen-bond donors (Lipinski definition) is 2. The van der Waals surface area contributed by atoms with E-state index in [-0.39, 0.29) is 17.6 Å². The highest BCUT2D eigenvalue weighted by Crippen LogP contribution is 2.14. The van der Waals surface area contributed by atoms with Gasteiger partial charge in [-0.25, -0.2) is 0 Å². The van der Waals surface area contributed by atoms with E-state index in [2.05, 4.69) is 10.1 Å². The molecule has 106 valence electrons. The molecule has 0 aliphatic heterocycles. The summed E-state index contributed by atoms with van der Waals surface area (Å²) in [5.41, 5.74) is 6.24. The largest absolute Gasteiger partial charge is 0.435 e. The zero-order chi connectivity index (χ0) is 14.3. The van der Waals surface area contributed by atoms with Gasteiger partial charge in [-0.15, -0.1) is 0 Å². The van der Waals surface area contributed by atoms with Crippen LogP contribution >= 0.6 is 0 Å². The van der Waals surface area contributed by atoms with E-state index in [0.717, 1.165) is 5.56 Å². The molecule has 0 heterocycles. The minimum Gasteiger partial charge on any atom is -0.435 e. The van der Waals surface area contributed by atoms with Gasteiger partial charge < -0.3 is 15.8 Å². The maximum atomic E-state index is 11.9. The van der Waals surface area contributed by atoms with Crippen LogP contribution in [-0.2, 0) is 11.3 Å². The minimum absolute atomic E-state index is 0.0779. The third kappa shape index (κ3) is 6.15. The fourth-order valence-electron chi connectivity index (χ4n) is 1.46. The molecule has 0 aromatic heterocycles. The average molecular weight is 272 g/mol. The lowest BCUT2D eigenvalue weighted by Gasteiger charge is -2.10. The second kappa shape index (κ2) is 7.68. The van der Waals surface area contributed by atoms with Gasteiger partial charge in [-0.2, -0.15) is 8.78 Å². The molecule has 3 N–H and O–H groups in total. The number of rotatable bonds is 7. The van der Waals surface area contributed by atoms with E-state index in [1.165, 1.54) is 12.1 Å². The number of ether oxygens (including phenoxy) is 1. The van der Waals surface area contributed by atoms with E-state index in [0.29, 0.717) is 19.5 Å². The summed E-state index contributed by atoms with van der Waals surface area (Å²) in [6.45, 7) is -0.114. The van der Waals surface area contributed by atoms with Gasteiger partial charge in [0.25, 0.3) is 0 Å². The molecule has 19 heavy (non-hydrogen) atoms. The van der Waals surface area contributed by atoms with Gasteiger partial charge in [-0.05, 0) is 30.2 Å². The molecule has 0 fully saturated rings. The van der Waals surface area contributed by atoms with E-state index in [1.54, 1.807) is 12.1 Å². The van der Waals surface area contributed by atoms with Crippen molar-refractivity contribution in [1.82, 2.24) is 5.32 Å². The average Bonchev–Trinajstić information content (AvgIpc) is 2.37. The summed E-state index contributed by atoms with van der Waals surface area (Å²) in [5, 5.41) is 2.74. The summed E-state index contributed by atoms with van der Waals surface area (Å²) in [6.07, 6.45) is 0.378. The van der Waals surface area contributed by atoms with Crippen LogP contribution in [0.5, 0.6) is 5.75 Å². The predicted molar refractivity (Wildman–Crippen MR) is 67.8 cm³/mol. The Morgan fingerprint density at radius 3 is 2.53 bits per heavy atom. The van der Waals surface area contributed by atoms with Gasteiger partial charge in [0.05, 0.1) is 0 Å². The second-order valence-corrected chi connectivity index (χ2v) is 4.34. The van der Waals surface area contributed by atoms with E-state index in [4.69, 9.17) is 5.73 Å². The third-order valence-corrected chi connectivity index (χ3v) is 2.57. The van der Waals surface area contributed by atoms with Crippen LogP contribution in [0.15, 0.2) is 24.3 Å². The molecule has 6 heteroatoms. The van der Waals surface area contributed by atoms with Crippen LogP contribution < -0.4 is 15.8 Å². The Hall–Kier alpha value is -1.69. The number of halogens is 2. The lowest BCUT2D eigenvalue weighted by molar-refractivity contribution is -0.122. The number of nitrogens with two attached hydrogens (primary N) is 1. The van der Waals surface area contributed by atoms with Crippen molar-refractivity contribution in [3.05, 3.63) is 29.8 Å². The van der Waals surface area contributed by atoms with Gasteiger partial charge in [-0.1, -0.05) is 19.1 Å². The standard InChI is InChI=1S/C13H18F2N2O2/c1-9(7-16)6-12(18)17-8-10-2-4-11(5-3-10)19-13(14)15/h2-5,9,13H,6-8,16H2,1H3,(H,17,18). The summed E-state index contributed by atoms with van der Waals surface area (Å²) < 4.78 is 28.1. The van der Waals surface area contributed by atoms with Crippen molar-refractivity contribution in [2.45, 2.75) is 26.5 Å². The Bertz CT molecular complexity index is 396. The quantitative estimate of drug-likeness (QED) is 0.796. The maximum absolute atomic E-state index is 11.9. The van der Waals surface area contributed by atoms with Crippen LogP contribution in [0.3, 0.4) is 0 Å². The fourth-order valence-corrected chi connectivity index (χ4v) is 1.46. The topological polar surface area (TPSA) is 64.4 Å². The van der Waals surface area contributed by atoms with Crippen molar-refractivity contribution < 1.29 is 18.3 Å². The zero-order valence-electron chi connectivity index (χ0n) is 10.7. The molecule has 1 atom stereocenters. The SMILES string of the molecule is CC(CN)CC(=O)NCc1ccc(OC(F)F)cc1. The highest BCUT2D eigenvalue weighted by Gasteiger charge is 2.07. The Balaban J connectivity index is 2.39. The molecule has 4 nitrogen and oxygen atoms in total. The molecule has 0 saturated carbocycles. The summed E-state index contributed by atoms with van der Waals surface area (Å²) in [4.78, 5) is 11.5. The molecule has 1 aromatic rings. The van der Waals surface area contributed by atoms with Crippen LogP contribution in [0.2, 0.25) is 0 Å². The first kappa shape index (κ1) is 15.4. The molecule has 0 spiro atoms. The molecular formula is C13H18F2N2O2. The Kier molecular flexibility index (Phi) is 6.21. The number of hydrogen-bond acceptors (Lipinski definition) is 3. The molecule has 1 amide bonds. The third-order valence-electron chi connectivity index (χ3n) is 2.57. The first-order chi connectivity index (χ1) is 9.01. The molecule has 0 bridgehead atoms. The highest BCUT2D eigenvalue weighted by atomic mass is 19.3. The summed E-state index contributed by atoms with van der Waals surface area (Å²) in [6, 6.07) is 6.14. The van der Waals surface area contributed by atoms with Gasteiger partial charge in [0.2, 0.25) is 5.91 Å². The molecule has 1 unspecified atom stereocenters. The van der Waals surface area contributed by atoms with E-state index < -0.39 is 6.61 Å². The first-order valence-electron chi connectivity index (χ1n) is 6.01. The minimum atomic E-state index is -2.83. The first-order valence-corrected chi connectivity index (χ1v) is 6.01. The number of nitrogens with one attached hydrogen (secondary N) is 1. The van der Waals surface area contributed by atoms with Gasteiger partial charge in [0.1, 0.15) is 5.75 Å². The lowest BCUT2D eigenvalue weighted by Crippen LogP contribution is -2.26. The molecule has 1 aromatic carbocycles. The number of amides is 1. The van der Waals surface area contributed by atoms with Gasteiger partial charge in [0, 0.05) is 13.0 Å². The van der Waals surface area contributed by atoms with Crippen molar-refractivity contribution in [3.63, 3.8) is 0 Å². The van der Waals surface area contributed by atoms with Crippen molar-refractivity contribution in [2.75, 3.05) is 6.54 Å². The zero-order valence-corrected chi connectivity index (χ0v) is 10.7. The number of benzene rings is 1. The Morgan fingerprint density at radius 2 is 2.00 bits per heavy atom. The van der Waals surface area contributed by atoms with Crippen LogP contribution in [0.25, 0.3) is 0 Å². The van der Waals surface area contributed by atoms with E-state index in [9.17, 15) is 13.6 Å². The Morgan fingerprint density at radius 1 is 1.37 bits per heavy atom. The molecular weight excluding hydrogens is 254 g/mol. The second-order valence-electron chi connectivity index (χ2n) is 4.34.